The van der Waals surface area contributed by atoms with E-state index in [9.17, 15) is 13.2 Å². The molecular weight excluding hydrogens is 380 g/mol. The van der Waals surface area contributed by atoms with Gasteiger partial charge in [-0.25, -0.2) is 8.42 Å². The Morgan fingerprint density at radius 1 is 1.00 bits per heavy atom. The van der Waals surface area contributed by atoms with Gasteiger partial charge in [-0.3, -0.25) is 4.79 Å². The van der Waals surface area contributed by atoms with Gasteiger partial charge in [0.05, 0.1) is 5.75 Å². The normalized spacial score (nSPS) is 22.5. The van der Waals surface area contributed by atoms with Gasteiger partial charge < -0.3 is 0 Å². The van der Waals surface area contributed by atoms with E-state index in [-0.39, 0.29) is 22.9 Å². The lowest BCUT2D eigenvalue weighted by atomic mass is 9.65. The molecule has 170 valence electrons. The summed E-state index contributed by atoms with van der Waals surface area (Å²) in [6, 6.07) is 0. The summed E-state index contributed by atoms with van der Waals surface area (Å²) in [6.45, 7) is 10.3. The highest BCUT2D eigenvalue weighted by Gasteiger charge is 2.38. The third-order valence-electron chi connectivity index (χ3n) is 6.92. The Hall–Kier alpha value is -0.640. The van der Waals surface area contributed by atoms with E-state index in [2.05, 4.69) is 39.8 Å². The number of sulfone groups is 1. The molecule has 29 heavy (non-hydrogen) atoms. The van der Waals surface area contributed by atoms with Gasteiger partial charge in [-0.15, -0.1) is 0 Å². The zero-order valence-electron chi connectivity index (χ0n) is 19.7. The van der Waals surface area contributed by atoms with Gasteiger partial charge in [0.25, 0.3) is 0 Å². The van der Waals surface area contributed by atoms with Gasteiger partial charge in [-0.2, -0.15) is 0 Å². The van der Waals surface area contributed by atoms with Gasteiger partial charge in [0.15, 0.2) is 15.6 Å². The minimum Gasteiger partial charge on any atom is -0.298 e. The van der Waals surface area contributed by atoms with Crippen LogP contribution < -0.4 is 0 Å². The van der Waals surface area contributed by atoms with Crippen molar-refractivity contribution in [2.75, 3.05) is 5.75 Å². The number of hydrogen-bond acceptors (Lipinski definition) is 3. The van der Waals surface area contributed by atoms with E-state index in [1.54, 1.807) is 6.92 Å². The molecule has 1 rings (SSSR count). The number of ketones is 1. The second-order valence-corrected chi connectivity index (χ2v) is 12.4. The van der Waals surface area contributed by atoms with E-state index in [0.29, 0.717) is 18.8 Å². The molecule has 0 spiro atoms. The highest BCUT2D eigenvalue weighted by molar-refractivity contribution is 7.92. The molecule has 0 aromatic carbocycles. The fraction of sp³-hybridized carbons (Fsp3) is 0.880. The predicted octanol–water partition coefficient (Wildman–Crippen LogP) is 6.91. The van der Waals surface area contributed by atoms with Crippen molar-refractivity contribution >= 4 is 15.6 Å². The Bertz CT molecular complexity index is 604. The van der Waals surface area contributed by atoms with Crippen LogP contribution in [0.4, 0.5) is 0 Å². The molecule has 0 N–H and O–H groups in total. The molecule has 3 unspecified atom stereocenters. The first-order valence-corrected chi connectivity index (χ1v) is 13.7. The van der Waals surface area contributed by atoms with Crippen molar-refractivity contribution in [3.8, 4) is 0 Å². The van der Waals surface area contributed by atoms with E-state index >= 15 is 0 Å². The summed E-state index contributed by atoms with van der Waals surface area (Å²) in [5.41, 5.74) is 0.0455. The molecule has 4 heteroatoms. The zero-order chi connectivity index (χ0) is 21.9. The summed E-state index contributed by atoms with van der Waals surface area (Å²) in [7, 11) is -3.34. The molecule has 0 saturated heterocycles. The van der Waals surface area contributed by atoms with Crippen molar-refractivity contribution in [2.45, 2.75) is 117 Å². The summed E-state index contributed by atoms with van der Waals surface area (Å²) < 4.78 is 25.3. The maximum atomic E-state index is 12.8. The molecule has 3 nitrogen and oxygen atoms in total. The van der Waals surface area contributed by atoms with E-state index in [1.807, 2.05) is 0 Å². The Kier molecular flexibility index (Phi) is 11.8. The average molecular weight is 427 g/mol. The number of Topliss-reactive ketones (excluding diaryl/α,β-unsaturated/α-hetero) is 1. The number of unbranched alkanes of at least 4 members (excludes halogenated alkanes) is 9. The van der Waals surface area contributed by atoms with E-state index in [4.69, 9.17) is 0 Å². The number of hydrogen-bond donors (Lipinski definition) is 0. The predicted molar refractivity (Wildman–Crippen MR) is 125 cm³/mol. The monoisotopic (exact) mass is 426 g/mol. The summed E-state index contributed by atoms with van der Waals surface area (Å²) in [4.78, 5) is 12.8. The Labute approximate surface area is 181 Å². The Morgan fingerprint density at radius 3 is 2.03 bits per heavy atom. The standard InChI is InChI=1S/C25H46O3S/c1-6-7-8-9-10-11-12-13-14-15-19-29(27,28)22(3)24(26)20-23-21(2)17-16-18-25(23,4)5/h16-17,21-23H,6-15,18-20H2,1-5H3. The first-order valence-electron chi connectivity index (χ1n) is 12.0. The fourth-order valence-corrected chi connectivity index (χ4v) is 6.05. The van der Waals surface area contributed by atoms with Crippen LogP contribution in [-0.4, -0.2) is 25.2 Å². The molecule has 3 atom stereocenters. The minimum atomic E-state index is -3.34. The van der Waals surface area contributed by atoms with Crippen LogP contribution in [0.25, 0.3) is 0 Å². The first-order chi connectivity index (χ1) is 13.6. The van der Waals surface area contributed by atoms with Crippen molar-refractivity contribution < 1.29 is 13.2 Å². The van der Waals surface area contributed by atoms with Gasteiger partial charge in [0, 0.05) is 6.42 Å². The van der Waals surface area contributed by atoms with Gasteiger partial charge >= 0.3 is 0 Å². The summed E-state index contributed by atoms with van der Waals surface area (Å²) in [5.74, 6) is 0.590. The molecular formula is C25H46O3S. The zero-order valence-corrected chi connectivity index (χ0v) is 20.5. The lowest BCUT2D eigenvalue weighted by molar-refractivity contribution is -0.120. The van der Waals surface area contributed by atoms with Crippen LogP contribution in [0.1, 0.15) is 112 Å². The number of carbonyl (C=O) groups is 1. The first kappa shape index (κ1) is 26.4. The van der Waals surface area contributed by atoms with Crippen LogP contribution in [0.15, 0.2) is 12.2 Å². The summed E-state index contributed by atoms with van der Waals surface area (Å²) in [6.07, 6.45) is 17.5. The molecule has 1 aliphatic rings. The van der Waals surface area contributed by atoms with Gasteiger partial charge in [0.1, 0.15) is 5.25 Å². The largest absolute Gasteiger partial charge is 0.298 e. The SMILES string of the molecule is CCCCCCCCCCCCS(=O)(=O)C(C)C(=O)CC1C(C)C=CCC1(C)C. The minimum absolute atomic E-state index is 0.0455. The molecule has 0 radical (unpaired) electrons. The highest BCUT2D eigenvalue weighted by Crippen LogP contribution is 2.42. The van der Waals surface area contributed by atoms with Crippen LogP contribution in [0, 0.1) is 17.3 Å². The average Bonchev–Trinajstić information content (AvgIpc) is 2.65. The van der Waals surface area contributed by atoms with Crippen LogP contribution in [0.5, 0.6) is 0 Å². The Balaban J connectivity index is 2.32. The van der Waals surface area contributed by atoms with Crippen molar-refractivity contribution in [3.05, 3.63) is 12.2 Å². The van der Waals surface area contributed by atoms with Crippen LogP contribution in [0.2, 0.25) is 0 Å². The number of allylic oxidation sites excluding steroid dienone is 2. The van der Waals surface area contributed by atoms with E-state index < -0.39 is 15.1 Å². The van der Waals surface area contributed by atoms with Gasteiger partial charge in [-0.1, -0.05) is 97.6 Å². The van der Waals surface area contributed by atoms with Crippen molar-refractivity contribution in [1.29, 1.82) is 0 Å². The molecule has 0 amide bonds. The molecule has 0 aromatic heterocycles. The molecule has 0 aliphatic heterocycles. The molecule has 0 bridgehead atoms. The second-order valence-electron chi connectivity index (χ2n) is 9.95. The second kappa shape index (κ2) is 12.9. The maximum absolute atomic E-state index is 12.8. The fourth-order valence-electron chi connectivity index (χ4n) is 4.60. The van der Waals surface area contributed by atoms with Crippen LogP contribution in [0.3, 0.4) is 0 Å². The topological polar surface area (TPSA) is 51.2 Å². The molecule has 1 aliphatic carbocycles. The molecule has 0 heterocycles. The quantitative estimate of drug-likeness (QED) is 0.211. The lowest BCUT2D eigenvalue weighted by Gasteiger charge is -2.40. The molecule has 0 fully saturated rings. The van der Waals surface area contributed by atoms with Gasteiger partial charge in [0.2, 0.25) is 0 Å². The third kappa shape index (κ3) is 9.36. The smallest absolute Gasteiger partial charge is 0.159 e. The summed E-state index contributed by atoms with van der Waals surface area (Å²) in [5, 5.41) is -0.866. The molecule has 0 saturated carbocycles. The van der Waals surface area contributed by atoms with Crippen molar-refractivity contribution in [3.63, 3.8) is 0 Å². The lowest BCUT2D eigenvalue weighted by Crippen LogP contribution is -2.37. The van der Waals surface area contributed by atoms with Gasteiger partial charge in [-0.05, 0) is 37.0 Å². The number of carbonyl (C=O) groups excluding carboxylic acids is 1. The maximum Gasteiger partial charge on any atom is 0.159 e. The third-order valence-corrected chi connectivity index (χ3v) is 9.12. The highest BCUT2D eigenvalue weighted by atomic mass is 32.2. The summed E-state index contributed by atoms with van der Waals surface area (Å²) >= 11 is 0. The van der Waals surface area contributed by atoms with E-state index in [1.165, 1.54) is 44.9 Å². The van der Waals surface area contributed by atoms with Crippen molar-refractivity contribution in [2.24, 2.45) is 17.3 Å². The van der Waals surface area contributed by atoms with Crippen LogP contribution in [-0.2, 0) is 14.6 Å². The Morgan fingerprint density at radius 2 is 1.52 bits per heavy atom. The van der Waals surface area contributed by atoms with Crippen LogP contribution >= 0.6 is 0 Å². The van der Waals surface area contributed by atoms with E-state index in [0.717, 1.165) is 19.3 Å². The number of rotatable bonds is 15. The molecule has 0 aromatic rings. The van der Waals surface area contributed by atoms with Crippen molar-refractivity contribution in [1.82, 2.24) is 0 Å².